The minimum Gasteiger partial charge on any atom is -0.481 e. The van der Waals surface area contributed by atoms with Crippen LogP contribution in [0.5, 0.6) is 0 Å². The average Bonchev–Trinajstić information content (AvgIpc) is 2.22. The molecule has 0 radical (unpaired) electrons. The van der Waals surface area contributed by atoms with Gasteiger partial charge in [0.2, 0.25) is 5.72 Å². The number of amides is 1. The second kappa shape index (κ2) is 6.37. The summed E-state index contributed by atoms with van der Waals surface area (Å²) < 4.78 is 9.20. The van der Waals surface area contributed by atoms with E-state index in [0.29, 0.717) is 0 Å². The van der Waals surface area contributed by atoms with Crippen LogP contribution in [0.2, 0.25) is 0 Å². The SMILES string of the molecule is COC(=O)[C@@](O)(CCC(=O)O)NC(=O)OC(C)(C)C. The lowest BCUT2D eigenvalue weighted by Gasteiger charge is -2.27. The number of nitrogens with one attached hydrogen (secondary N) is 1. The molecule has 3 N–H and O–H groups in total. The van der Waals surface area contributed by atoms with Gasteiger partial charge in [-0.15, -0.1) is 0 Å². The first-order chi connectivity index (χ1) is 8.50. The van der Waals surface area contributed by atoms with E-state index in [4.69, 9.17) is 9.84 Å². The van der Waals surface area contributed by atoms with Crippen molar-refractivity contribution in [1.29, 1.82) is 0 Å². The predicted molar refractivity (Wildman–Crippen MR) is 63.2 cm³/mol. The third-order valence-electron chi connectivity index (χ3n) is 1.93. The number of aliphatic hydroxyl groups is 1. The molecule has 0 aliphatic heterocycles. The maximum Gasteiger partial charge on any atom is 0.410 e. The number of rotatable bonds is 5. The van der Waals surface area contributed by atoms with Crippen LogP contribution in [0.3, 0.4) is 0 Å². The van der Waals surface area contributed by atoms with Crippen molar-refractivity contribution in [1.82, 2.24) is 5.32 Å². The van der Waals surface area contributed by atoms with E-state index in [1.54, 1.807) is 20.8 Å². The Balaban J connectivity index is 4.81. The summed E-state index contributed by atoms with van der Waals surface area (Å²) in [6, 6.07) is 0. The van der Waals surface area contributed by atoms with E-state index in [2.05, 4.69) is 4.74 Å². The van der Waals surface area contributed by atoms with Crippen LogP contribution in [0.1, 0.15) is 33.6 Å². The van der Waals surface area contributed by atoms with Crippen molar-refractivity contribution in [2.75, 3.05) is 7.11 Å². The summed E-state index contributed by atoms with van der Waals surface area (Å²) in [7, 11) is 1.00. The average molecular weight is 277 g/mol. The fraction of sp³-hybridized carbons (Fsp3) is 0.727. The van der Waals surface area contributed by atoms with E-state index >= 15 is 0 Å². The van der Waals surface area contributed by atoms with Crippen molar-refractivity contribution in [3.63, 3.8) is 0 Å². The van der Waals surface area contributed by atoms with Crippen molar-refractivity contribution >= 4 is 18.0 Å². The van der Waals surface area contributed by atoms with Crippen molar-refractivity contribution in [3.05, 3.63) is 0 Å². The summed E-state index contributed by atoms with van der Waals surface area (Å²) in [4.78, 5) is 33.4. The van der Waals surface area contributed by atoms with E-state index in [1.807, 2.05) is 5.32 Å². The van der Waals surface area contributed by atoms with Gasteiger partial charge in [-0.2, -0.15) is 0 Å². The first-order valence-electron chi connectivity index (χ1n) is 5.54. The van der Waals surface area contributed by atoms with Crippen LogP contribution in [0.25, 0.3) is 0 Å². The van der Waals surface area contributed by atoms with Crippen LogP contribution in [0, 0.1) is 0 Å². The van der Waals surface area contributed by atoms with Crippen molar-refractivity contribution < 1.29 is 34.1 Å². The maximum absolute atomic E-state index is 11.5. The first kappa shape index (κ1) is 17.2. The lowest BCUT2D eigenvalue weighted by molar-refractivity contribution is -0.167. The lowest BCUT2D eigenvalue weighted by atomic mass is 10.1. The highest BCUT2D eigenvalue weighted by molar-refractivity contribution is 5.84. The number of carbonyl (C=O) groups is 3. The van der Waals surface area contributed by atoms with Gasteiger partial charge < -0.3 is 19.7 Å². The molecular weight excluding hydrogens is 258 g/mol. The second-order valence-corrected chi connectivity index (χ2v) is 4.87. The number of aliphatic carboxylic acids is 1. The zero-order valence-corrected chi connectivity index (χ0v) is 11.3. The minimum absolute atomic E-state index is 0.526. The van der Waals surface area contributed by atoms with Crippen molar-refractivity contribution in [3.8, 4) is 0 Å². The van der Waals surface area contributed by atoms with Crippen LogP contribution in [-0.4, -0.2) is 46.7 Å². The Hall–Kier alpha value is -1.83. The van der Waals surface area contributed by atoms with Gasteiger partial charge in [0.05, 0.1) is 13.5 Å². The zero-order chi connectivity index (χ0) is 15.3. The van der Waals surface area contributed by atoms with Gasteiger partial charge in [-0.3, -0.25) is 10.1 Å². The van der Waals surface area contributed by atoms with Crippen LogP contribution in [0.4, 0.5) is 4.79 Å². The van der Waals surface area contributed by atoms with E-state index in [-0.39, 0.29) is 0 Å². The molecule has 0 fully saturated rings. The standard InChI is InChI=1S/C11H19NO7/c1-10(2,3)19-9(16)12-11(17,8(15)18-4)6-5-7(13)14/h17H,5-6H2,1-4H3,(H,12,16)(H,13,14)/t11-/m0/s1. The van der Waals surface area contributed by atoms with Gasteiger partial charge in [0, 0.05) is 6.42 Å². The molecule has 0 saturated heterocycles. The number of methoxy groups -OCH3 is 1. The molecular formula is C11H19NO7. The number of ether oxygens (including phenoxy) is 2. The number of esters is 1. The number of carbonyl (C=O) groups excluding carboxylic acids is 2. The molecule has 0 heterocycles. The Morgan fingerprint density at radius 2 is 1.74 bits per heavy atom. The summed E-state index contributed by atoms with van der Waals surface area (Å²) in [5.41, 5.74) is -3.26. The second-order valence-electron chi connectivity index (χ2n) is 4.87. The monoisotopic (exact) mass is 277 g/mol. The largest absolute Gasteiger partial charge is 0.481 e. The molecule has 0 aliphatic rings. The molecule has 1 amide bonds. The molecule has 0 aliphatic carbocycles. The molecule has 0 rings (SSSR count). The zero-order valence-electron chi connectivity index (χ0n) is 11.3. The summed E-state index contributed by atoms with van der Waals surface area (Å²) in [6.07, 6.45) is -2.11. The first-order valence-corrected chi connectivity index (χ1v) is 5.54. The highest BCUT2D eigenvalue weighted by atomic mass is 16.6. The van der Waals surface area contributed by atoms with Crippen LogP contribution >= 0.6 is 0 Å². The number of carboxylic acid groups (broad SMARTS) is 1. The lowest BCUT2D eigenvalue weighted by Crippen LogP contribution is -2.56. The third kappa shape index (κ3) is 6.61. The molecule has 110 valence electrons. The van der Waals surface area contributed by atoms with Gasteiger partial charge in [-0.25, -0.2) is 9.59 Å². The molecule has 8 nitrogen and oxygen atoms in total. The van der Waals surface area contributed by atoms with Crippen molar-refractivity contribution in [2.45, 2.75) is 44.9 Å². The molecule has 0 aromatic heterocycles. The van der Waals surface area contributed by atoms with E-state index in [0.717, 1.165) is 7.11 Å². The topological polar surface area (TPSA) is 122 Å². The molecule has 0 aromatic carbocycles. The summed E-state index contributed by atoms with van der Waals surface area (Å²) >= 11 is 0. The number of hydrogen-bond acceptors (Lipinski definition) is 6. The Morgan fingerprint density at radius 3 is 2.11 bits per heavy atom. The minimum atomic E-state index is -2.44. The number of alkyl carbamates (subject to hydrolysis) is 1. The van der Waals surface area contributed by atoms with E-state index < -0.39 is 42.2 Å². The van der Waals surface area contributed by atoms with Gasteiger partial charge in [0.1, 0.15) is 5.60 Å². The highest BCUT2D eigenvalue weighted by Gasteiger charge is 2.40. The van der Waals surface area contributed by atoms with Crippen LogP contribution in [0.15, 0.2) is 0 Å². The van der Waals surface area contributed by atoms with Gasteiger partial charge in [-0.05, 0) is 20.8 Å². The summed E-state index contributed by atoms with van der Waals surface area (Å²) in [6.45, 7) is 4.79. The van der Waals surface area contributed by atoms with Gasteiger partial charge in [0.25, 0.3) is 0 Å². The maximum atomic E-state index is 11.5. The van der Waals surface area contributed by atoms with Crippen molar-refractivity contribution in [2.24, 2.45) is 0 Å². The quantitative estimate of drug-likeness (QED) is 0.486. The van der Waals surface area contributed by atoms with E-state index in [1.165, 1.54) is 0 Å². The van der Waals surface area contributed by atoms with Gasteiger partial charge in [-0.1, -0.05) is 0 Å². The Labute approximate surface area is 110 Å². The Bertz CT molecular complexity index is 361. The normalized spacial score (nSPS) is 14.2. The molecule has 0 bridgehead atoms. The molecule has 0 saturated carbocycles. The third-order valence-corrected chi connectivity index (χ3v) is 1.93. The van der Waals surface area contributed by atoms with Gasteiger partial charge >= 0.3 is 18.0 Å². The molecule has 19 heavy (non-hydrogen) atoms. The highest BCUT2D eigenvalue weighted by Crippen LogP contribution is 2.14. The predicted octanol–water partition coefficient (Wildman–Crippen LogP) is 0.237. The smallest absolute Gasteiger partial charge is 0.410 e. The van der Waals surface area contributed by atoms with Crippen LogP contribution in [-0.2, 0) is 19.1 Å². The fourth-order valence-corrected chi connectivity index (χ4v) is 1.14. The molecule has 0 spiro atoms. The molecule has 0 aromatic rings. The fourth-order valence-electron chi connectivity index (χ4n) is 1.14. The number of hydrogen-bond donors (Lipinski definition) is 3. The van der Waals surface area contributed by atoms with Crippen LogP contribution < -0.4 is 5.32 Å². The Morgan fingerprint density at radius 1 is 1.21 bits per heavy atom. The summed E-state index contributed by atoms with van der Waals surface area (Å²) in [5.74, 6) is -2.40. The molecule has 8 heteroatoms. The number of carboxylic acids is 1. The molecule has 0 unspecified atom stereocenters. The van der Waals surface area contributed by atoms with E-state index in [9.17, 15) is 19.5 Å². The van der Waals surface area contributed by atoms with Gasteiger partial charge in [0.15, 0.2) is 0 Å². The summed E-state index contributed by atoms with van der Waals surface area (Å²) in [5, 5.41) is 20.4. The molecule has 1 atom stereocenters. The Kier molecular flexibility index (Phi) is 5.76.